The molecule has 0 aromatic heterocycles. The van der Waals surface area contributed by atoms with Crippen molar-refractivity contribution >= 4 is 11.8 Å². The number of nitrogens with one attached hydrogen (secondary N) is 2. The lowest BCUT2D eigenvalue weighted by Crippen LogP contribution is -2.33. The summed E-state index contributed by atoms with van der Waals surface area (Å²) >= 11 is 2.15. The fraction of sp³-hybridized carbons (Fsp3) is 1.00. The zero-order chi connectivity index (χ0) is 6.86. The molecule has 2 saturated heterocycles. The monoisotopic (exact) mass is 158 g/mol. The lowest BCUT2D eigenvalue weighted by Gasteiger charge is -2.30. The molecule has 0 radical (unpaired) electrons. The van der Waals surface area contributed by atoms with Crippen LogP contribution < -0.4 is 10.9 Å². The van der Waals surface area contributed by atoms with Gasteiger partial charge in [-0.1, -0.05) is 6.42 Å². The fourth-order valence-electron chi connectivity index (χ4n) is 1.70. The van der Waals surface area contributed by atoms with E-state index in [1.165, 1.54) is 25.0 Å². The third-order valence-corrected chi connectivity index (χ3v) is 3.98. The number of hydrogen-bond acceptors (Lipinski definition) is 3. The summed E-state index contributed by atoms with van der Waals surface area (Å²) in [4.78, 5) is 0. The smallest absolute Gasteiger partial charge is 0.0436 e. The average molecular weight is 158 g/mol. The first kappa shape index (κ1) is 6.95. The second-order valence-electron chi connectivity index (χ2n) is 3.20. The number of thioether (sulfide) groups is 1. The average Bonchev–Trinajstić information content (AvgIpc) is 2.39. The van der Waals surface area contributed by atoms with Crippen LogP contribution in [0.4, 0.5) is 0 Å². The van der Waals surface area contributed by atoms with Crippen molar-refractivity contribution in [1.82, 2.24) is 10.9 Å². The molecule has 0 unspecified atom stereocenters. The fourth-order valence-corrected chi connectivity index (χ4v) is 3.12. The first-order valence-corrected chi connectivity index (χ1v) is 5.00. The molecule has 0 amide bonds. The van der Waals surface area contributed by atoms with Crippen LogP contribution in [0.1, 0.15) is 19.3 Å². The number of hydrogen-bond donors (Lipinski definition) is 2. The summed E-state index contributed by atoms with van der Waals surface area (Å²) in [5, 5.41) is 0. The van der Waals surface area contributed by atoms with Crippen LogP contribution in [0.5, 0.6) is 0 Å². The van der Waals surface area contributed by atoms with Gasteiger partial charge in [0, 0.05) is 17.8 Å². The van der Waals surface area contributed by atoms with Gasteiger partial charge in [-0.3, -0.25) is 10.9 Å². The minimum Gasteiger partial charge on any atom is -0.256 e. The van der Waals surface area contributed by atoms with Crippen molar-refractivity contribution < 1.29 is 0 Å². The van der Waals surface area contributed by atoms with Crippen LogP contribution in [-0.2, 0) is 0 Å². The van der Waals surface area contributed by atoms with Gasteiger partial charge in [-0.25, -0.2) is 0 Å². The van der Waals surface area contributed by atoms with Gasteiger partial charge in [0.25, 0.3) is 0 Å². The summed E-state index contributed by atoms with van der Waals surface area (Å²) in [6.45, 7) is 2.33. The molecule has 2 aliphatic heterocycles. The highest BCUT2D eigenvalue weighted by Crippen LogP contribution is 2.36. The lowest BCUT2D eigenvalue weighted by molar-refractivity contribution is 0.552. The Morgan fingerprint density at radius 3 is 2.50 bits per heavy atom. The van der Waals surface area contributed by atoms with E-state index < -0.39 is 0 Å². The van der Waals surface area contributed by atoms with Crippen molar-refractivity contribution in [2.75, 3.05) is 18.8 Å². The Morgan fingerprint density at radius 2 is 1.90 bits per heavy atom. The Morgan fingerprint density at radius 1 is 1.10 bits per heavy atom. The largest absolute Gasteiger partial charge is 0.256 e. The van der Waals surface area contributed by atoms with Gasteiger partial charge in [-0.05, 0) is 18.6 Å². The molecule has 2 N–H and O–H groups in total. The third kappa shape index (κ3) is 1.18. The zero-order valence-electron chi connectivity index (χ0n) is 6.15. The Balaban J connectivity index is 1.98. The molecule has 2 heterocycles. The Labute approximate surface area is 66.1 Å². The van der Waals surface area contributed by atoms with E-state index in [0.717, 1.165) is 13.1 Å². The summed E-state index contributed by atoms with van der Waals surface area (Å²) < 4.78 is 0.568. The molecule has 0 aromatic rings. The van der Waals surface area contributed by atoms with Crippen LogP contribution in [0.2, 0.25) is 0 Å². The maximum atomic E-state index is 3.21. The van der Waals surface area contributed by atoms with E-state index in [0.29, 0.717) is 4.75 Å². The molecular formula is C7H14N2S. The van der Waals surface area contributed by atoms with Crippen molar-refractivity contribution in [3.8, 4) is 0 Å². The van der Waals surface area contributed by atoms with E-state index in [2.05, 4.69) is 22.6 Å². The molecule has 0 aromatic carbocycles. The molecule has 1 spiro atoms. The van der Waals surface area contributed by atoms with Gasteiger partial charge in [-0.2, -0.15) is 11.8 Å². The molecule has 0 saturated carbocycles. The minimum atomic E-state index is 0.568. The standard InChI is InChI=1S/C7H14N2S/c1-2-4-10-7(3-1)5-8-9-6-7/h8-9H,1-6H2. The Bertz CT molecular complexity index is 113. The summed E-state index contributed by atoms with van der Waals surface area (Å²) in [5.74, 6) is 1.36. The van der Waals surface area contributed by atoms with Gasteiger partial charge in [0.05, 0.1) is 0 Å². The first-order valence-electron chi connectivity index (χ1n) is 4.01. The molecule has 2 fully saturated rings. The van der Waals surface area contributed by atoms with Gasteiger partial charge >= 0.3 is 0 Å². The van der Waals surface area contributed by atoms with Crippen LogP contribution >= 0.6 is 11.8 Å². The maximum Gasteiger partial charge on any atom is 0.0436 e. The van der Waals surface area contributed by atoms with E-state index >= 15 is 0 Å². The van der Waals surface area contributed by atoms with Crippen molar-refractivity contribution in [3.63, 3.8) is 0 Å². The van der Waals surface area contributed by atoms with Crippen LogP contribution in [-0.4, -0.2) is 23.6 Å². The summed E-state index contributed by atoms with van der Waals surface area (Å²) in [6.07, 6.45) is 4.25. The van der Waals surface area contributed by atoms with Crippen LogP contribution in [0.25, 0.3) is 0 Å². The number of rotatable bonds is 0. The number of hydrazine groups is 1. The second-order valence-corrected chi connectivity index (χ2v) is 4.76. The highest BCUT2D eigenvalue weighted by Gasteiger charge is 2.35. The molecule has 0 atom stereocenters. The predicted molar refractivity (Wildman–Crippen MR) is 45.0 cm³/mol. The van der Waals surface area contributed by atoms with E-state index in [-0.39, 0.29) is 0 Å². The maximum absolute atomic E-state index is 3.21. The molecule has 58 valence electrons. The molecule has 2 aliphatic rings. The van der Waals surface area contributed by atoms with Crippen molar-refractivity contribution in [3.05, 3.63) is 0 Å². The molecule has 3 heteroatoms. The molecule has 2 nitrogen and oxygen atoms in total. The van der Waals surface area contributed by atoms with Gasteiger partial charge < -0.3 is 0 Å². The molecule has 10 heavy (non-hydrogen) atoms. The van der Waals surface area contributed by atoms with E-state index in [9.17, 15) is 0 Å². The summed E-state index contributed by atoms with van der Waals surface area (Å²) in [6, 6.07) is 0. The zero-order valence-corrected chi connectivity index (χ0v) is 6.97. The van der Waals surface area contributed by atoms with E-state index in [4.69, 9.17) is 0 Å². The summed E-state index contributed by atoms with van der Waals surface area (Å²) in [7, 11) is 0. The SMILES string of the molecule is C1CCC2(CNNC2)SC1. The highest BCUT2D eigenvalue weighted by molar-refractivity contribution is 8.00. The third-order valence-electron chi connectivity index (χ3n) is 2.38. The van der Waals surface area contributed by atoms with Crippen molar-refractivity contribution in [2.24, 2.45) is 0 Å². The normalized spacial score (nSPS) is 31.2. The molecule has 0 bridgehead atoms. The lowest BCUT2D eigenvalue weighted by atomic mass is 10.0. The molecule has 2 rings (SSSR count). The molecular weight excluding hydrogens is 144 g/mol. The molecule has 0 aliphatic carbocycles. The highest BCUT2D eigenvalue weighted by atomic mass is 32.2. The Hall–Kier alpha value is 0.270. The quantitative estimate of drug-likeness (QED) is 0.544. The van der Waals surface area contributed by atoms with Crippen LogP contribution in [0.15, 0.2) is 0 Å². The van der Waals surface area contributed by atoms with Crippen molar-refractivity contribution in [2.45, 2.75) is 24.0 Å². The van der Waals surface area contributed by atoms with Gasteiger partial charge in [0.15, 0.2) is 0 Å². The first-order chi connectivity index (χ1) is 4.91. The topological polar surface area (TPSA) is 24.1 Å². The van der Waals surface area contributed by atoms with Crippen LogP contribution in [0.3, 0.4) is 0 Å². The van der Waals surface area contributed by atoms with Gasteiger partial charge in [0.1, 0.15) is 0 Å². The van der Waals surface area contributed by atoms with Gasteiger partial charge in [0.2, 0.25) is 0 Å². The van der Waals surface area contributed by atoms with Gasteiger partial charge in [-0.15, -0.1) is 0 Å². The predicted octanol–water partition coefficient (Wildman–Crippen LogP) is 0.750. The Kier molecular flexibility index (Phi) is 1.89. The minimum absolute atomic E-state index is 0.568. The van der Waals surface area contributed by atoms with E-state index in [1.54, 1.807) is 0 Å². The second kappa shape index (κ2) is 2.72. The van der Waals surface area contributed by atoms with Crippen LogP contribution in [0, 0.1) is 0 Å². The summed E-state index contributed by atoms with van der Waals surface area (Å²) in [5.41, 5.74) is 6.42. The van der Waals surface area contributed by atoms with E-state index in [1.807, 2.05) is 0 Å². The van der Waals surface area contributed by atoms with Crippen molar-refractivity contribution in [1.29, 1.82) is 0 Å².